The quantitative estimate of drug-likeness (QED) is 0.623. The molecule has 2 aliphatic heterocycles. The molecule has 0 bridgehead atoms. The van der Waals surface area contributed by atoms with Crippen LogP contribution in [0.1, 0.15) is 42.1 Å². The molecule has 8 heteroatoms. The molecular weight excluding hydrogens is 438 g/mol. The number of hydrogen-bond donors (Lipinski definition) is 1. The van der Waals surface area contributed by atoms with Crippen LogP contribution in [0.5, 0.6) is 0 Å². The van der Waals surface area contributed by atoms with Gasteiger partial charge in [-0.3, -0.25) is 23.7 Å². The summed E-state index contributed by atoms with van der Waals surface area (Å²) in [5.41, 5.74) is 4.78. The van der Waals surface area contributed by atoms with E-state index >= 15 is 0 Å². The maximum Gasteiger partial charge on any atom is 0.252 e. The molecular formula is C25H30ClN5O2. The molecule has 3 aliphatic rings. The number of halogens is 1. The van der Waals surface area contributed by atoms with Crippen LogP contribution in [0.15, 0.2) is 46.1 Å². The van der Waals surface area contributed by atoms with Crippen molar-refractivity contribution in [1.29, 1.82) is 0 Å². The van der Waals surface area contributed by atoms with Crippen LogP contribution in [0.2, 0.25) is 0 Å². The van der Waals surface area contributed by atoms with E-state index < -0.39 is 0 Å². The molecule has 0 unspecified atom stereocenters. The van der Waals surface area contributed by atoms with Crippen LogP contribution < -0.4 is 16.4 Å². The molecule has 7 nitrogen and oxygen atoms in total. The molecule has 0 spiro atoms. The molecule has 1 N–H and O–H groups in total. The molecule has 33 heavy (non-hydrogen) atoms. The van der Waals surface area contributed by atoms with Gasteiger partial charge in [-0.25, -0.2) is 0 Å². The average molecular weight is 468 g/mol. The Labute approximate surface area is 198 Å². The van der Waals surface area contributed by atoms with Crippen LogP contribution in [-0.2, 0) is 25.9 Å². The lowest BCUT2D eigenvalue weighted by atomic mass is 10.0. The largest absolute Gasteiger partial charge is 0.308 e. The Morgan fingerprint density at radius 3 is 2.58 bits per heavy atom. The van der Waals surface area contributed by atoms with Crippen molar-refractivity contribution in [3.05, 3.63) is 74.1 Å². The summed E-state index contributed by atoms with van der Waals surface area (Å²) in [6.07, 6.45) is 7.86. The van der Waals surface area contributed by atoms with E-state index in [0.29, 0.717) is 12.6 Å². The molecule has 0 aromatic carbocycles. The van der Waals surface area contributed by atoms with E-state index in [4.69, 9.17) is 0 Å². The summed E-state index contributed by atoms with van der Waals surface area (Å²) in [4.78, 5) is 32.1. The third-order valence-corrected chi connectivity index (χ3v) is 7.48. The highest BCUT2D eigenvalue weighted by Gasteiger charge is 2.29. The lowest BCUT2D eigenvalue weighted by Crippen LogP contribution is -2.44. The van der Waals surface area contributed by atoms with Crippen LogP contribution in [0.25, 0.3) is 11.0 Å². The van der Waals surface area contributed by atoms with Gasteiger partial charge in [-0.05, 0) is 74.5 Å². The summed E-state index contributed by atoms with van der Waals surface area (Å²) in [5.74, 6) is 0. The Morgan fingerprint density at radius 2 is 1.76 bits per heavy atom. The molecule has 0 radical (unpaired) electrons. The standard InChI is InChI=1S/C25H29N5O2.ClH/c31-23-6-4-17-5-7-24(32)30-22(16-29(23)25(17)30)15-28-10-8-20(9-11-28)27-14-21-12-18-2-1-3-19(18)13-26-21;/h4-7,12-13,20,22,27H,1-3,8-11,14-16H2;1H/t22-;/m1./s1. The SMILES string of the molecule is Cl.O=c1ccc2ccc(=O)n3c2n1C[C@H]3CN1CCC(NCc2cc3c(cn2)CCC3)CC1. The number of rotatable bonds is 5. The van der Waals surface area contributed by atoms with Gasteiger partial charge in [0.15, 0.2) is 0 Å². The number of fused-ring (bicyclic) bond motifs is 1. The average Bonchev–Trinajstić information content (AvgIpc) is 3.43. The molecule has 6 rings (SSSR count). The predicted molar refractivity (Wildman–Crippen MR) is 131 cm³/mol. The van der Waals surface area contributed by atoms with Crippen LogP contribution in [-0.4, -0.2) is 44.7 Å². The topological polar surface area (TPSA) is 72.2 Å². The summed E-state index contributed by atoms with van der Waals surface area (Å²) >= 11 is 0. The van der Waals surface area contributed by atoms with Crippen molar-refractivity contribution in [1.82, 2.24) is 24.3 Å². The second-order valence-electron chi connectivity index (χ2n) is 9.51. The first-order valence-corrected chi connectivity index (χ1v) is 11.8. The molecule has 1 saturated heterocycles. The molecule has 174 valence electrons. The first-order chi connectivity index (χ1) is 15.7. The van der Waals surface area contributed by atoms with Gasteiger partial charge in [0.2, 0.25) is 0 Å². The highest BCUT2D eigenvalue weighted by molar-refractivity contribution is 5.85. The molecule has 1 aliphatic carbocycles. The Bertz CT molecular complexity index is 1290. The molecule has 5 heterocycles. The molecule has 1 fully saturated rings. The Morgan fingerprint density at radius 1 is 1.00 bits per heavy atom. The van der Waals surface area contributed by atoms with Gasteiger partial charge in [0.25, 0.3) is 11.1 Å². The Kier molecular flexibility index (Phi) is 6.12. The number of likely N-dealkylation sites (tertiary alicyclic amines) is 1. The fraction of sp³-hybridized carbons (Fsp3) is 0.480. The lowest BCUT2D eigenvalue weighted by molar-refractivity contribution is 0.171. The highest BCUT2D eigenvalue weighted by atomic mass is 35.5. The van der Waals surface area contributed by atoms with E-state index in [0.717, 1.165) is 55.7 Å². The van der Waals surface area contributed by atoms with Gasteiger partial charge in [0.1, 0.15) is 5.65 Å². The maximum absolute atomic E-state index is 12.6. The van der Waals surface area contributed by atoms with Gasteiger partial charge in [-0.2, -0.15) is 0 Å². The van der Waals surface area contributed by atoms with Crippen LogP contribution in [0.3, 0.4) is 0 Å². The molecule has 3 aromatic heterocycles. The van der Waals surface area contributed by atoms with E-state index in [1.807, 2.05) is 16.7 Å². The zero-order valence-corrected chi connectivity index (χ0v) is 19.5. The third-order valence-electron chi connectivity index (χ3n) is 7.48. The minimum Gasteiger partial charge on any atom is -0.308 e. The maximum atomic E-state index is 12.6. The second-order valence-corrected chi connectivity index (χ2v) is 9.51. The summed E-state index contributed by atoms with van der Waals surface area (Å²) < 4.78 is 3.60. The predicted octanol–water partition coefficient (Wildman–Crippen LogP) is 2.28. The number of nitrogens with one attached hydrogen (secondary N) is 1. The Hall–Kier alpha value is -2.48. The number of hydrogen-bond acceptors (Lipinski definition) is 5. The monoisotopic (exact) mass is 467 g/mol. The van der Waals surface area contributed by atoms with Crippen molar-refractivity contribution in [3.8, 4) is 0 Å². The number of pyridine rings is 3. The second kappa shape index (κ2) is 9.05. The number of aryl methyl sites for hydroxylation is 2. The minimum atomic E-state index is -0.0255. The zero-order valence-electron chi connectivity index (χ0n) is 18.7. The van der Waals surface area contributed by atoms with Crippen molar-refractivity contribution in [2.24, 2.45) is 0 Å². The van der Waals surface area contributed by atoms with E-state index in [1.54, 1.807) is 16.7 Å². The van der Waals surface area contributed by atoms with Gasteiger partial charge in [0.05, 0.1) is 11.7 Å². The fourth-order valence-electron chi connectivity index (χ4n) is 5.76. The van der Waals surface area contributed by atoms with Gasteiger partial charge < -0.3 is 10.2 Å². The summed E-state index contributed by atoms with van der Waals surface area (Å²) in [6, 6.07) is 9.66. The highest BCUT2D eigenvalue weighted by Crippen LogP contribution is 2.25. The van der Waals surface area contributed by atoms with Crippen molar-refractivity contribution < 1.29 is 0 Å². The minimum absolute atomic E-state index is 0. The normalized spacial score (nSPS) is 20.2. The zero-order chi connectivity index (χ0) is 21.7. The summed E-state index contributed by atoms with van der Waals surface area (Å²) in [6.45, 7) is 4.22. The van der Waals surface area contributed by atoms with Crippen LogP contribution in [0, 0.1) is 0 Å². The van der Waals surface area contributed by atoms with E-state index in [9.17, 15) is 9.59 Å². The smallest absolute Gasteiger partial charge is 0.252 e. The van der Waals surface area contributed by atoms with Crippen LogP contribution >= 0.6 is 12.4 Å². The van der Waals surface area contributed by atoms with E-state index in [2.05, 4.69) is 27.5 Å². The molecule has 1 atom stereocenters. The van der Waals surface area contributed by atoms with Gasteiger partial charge in [0, 0.05) is 49.4 Å². The number of nitrogens with zero attached hydrogens (tertiary/aromatic N) is 4. The van der Waals surface area contributed by atoms with Gasteiger partial charge in [-0.15, -0.1) is 12.4 Å². The van der Waals surface area contributed by atoms with Gasteiger partial charge in [-0.1, -0.05) is 0 Å². The number of aromatic nitrogens is 3. The van der Waals surface area contributed by atoms with Crippen molar-refractivity contribution in [3.63, 3.8) is 0 Å². The van der Waals surface area contributed by atoms with Crippen molar-refractivity contribution >= 4 is 23.4 Å². The summed E-state index contributed by atoms with van der Waals surface area (Å²) in [7, 11) is 0. The van der Waals surface area contributed by atoms with Crippen LogP contribution in [0.4, 0.5) is 0 Å². The first-order valence-electron chi connectivity index (χ1n) is 11.8. The fourth-order valence-corrected chi connectivity index (χ4v) is 5.76. The summed E-state index contributed by atoms with van der Waals surface area (Å²) in [5, 5.41) is 4.65. The molecule has 3 aromatic rings. The number of piperidine rings is 1. The van der Waals surface area contributed by atoms with E-state index in [-0.39, 0.29) is 29.6 Å². The Balaban J connectivity index is 0.00000228. The molecule has 0 saturated carbocycles. The van der Waals surface area contributed by atoms with E-state index in [1.165, 1.54) is 30.4 Å². The van der Waals surface area contributed by atoms with Crippen molar-refractivity contribution in [2.45, 2.75) is 57.3 Å². The lowest BCUT2D eigenvalue weighted by Gasteiger charge is -2.34. The van der Waals surface area contributed by atoms with Gasteiger partial charge >= 0.3 is 0 Å². The first kappa shape index (κ1) is 22.3. The molecule has 0 amide bonds. The third kappa shape index (κ3) is 4.14. The van der Waals surface area contributed by atoms with Crippen molar-refractivity contribution in [2.75, 3.05) is 19.6 Å².